The van der Waals surface area contributed by atoms with E-state index in [0.717, 1.165) is 4.90 Å². The van der Waals surface area contributed by atoms with Crippen LogP contribution in [0.1, 0.15) is 6.42 Å². The van der Waals surface area contributed by atoms with Crippen LogP contribution in [-0.4, -0.2) is 64.4 Å². The molecule has 0 aromatic heterocycles. The Morgan fingerprint density at radius 3 is 2.67 bits per heavy atom. The zero-order chi connectivity index (χ0) is 11.6. The summed E-state index contributed by atoms with van der Waals surface area (Å²) in [7, 11) is -2.61. The summed E-state index contributed by atoms with van der Waals surface area (Å²) in [6.07, 6.45) is 2.41. The van der Waals surface area contributed by atoms with Gasteiger partial charge in [-0.25, -0.2) is 4.79 Å². The number of aliphatic hydroxyl groups is 1. The van der Waals surface area contributed by atoms with Crippen molar-refractivity contribution in [3.8, 4) is 0 Å². The molecule has 3 unspecified atom stereocenters. The summed E-state index contributed by atoms with van der Waals surface area (Å²) in [6.45, 7) is 1.43. The van der Waals surface area contributed by atoms with Gasteiger partial charge in [0.25, 0.3) is 0 Å². The second-order valence-electron chi connectivity index (χ2n) is 3.79. The summed E-state index contributed by atoms with van der Waals surface area (Å²) < 4.78 is 5.25. The maximum atomic E-state index is 10.8. The highest BCUT2D eigenvalue weighted by molar-refractivity contribution is 7.62. The molecule has 3 N–H and O–H groups in total. The Kier molecular flexibility index (Phi) is 3.78. The number of hydrogen-bond donors (Lipinski definition) is 3. The maximum Gasteiger partial charge on any atom is 0.407 e. The molecule has 0 saturated carbocycles. The van der Waals surface area contributed by atoms with Gasteiger partial charge in [0.15, 0.2) is 0 Å². The van der Waals surface area contributed by atoms with Gasteiger partial charge >= 0.3 is 6.09 Å². The van der Waals surface area contributed by atoms with Crippen LogP contribution in [0.25, 0.3) is 0 Å². The van der Waals surface area contributed by atoms with Crippen LogP contribution < -0.4 is 0 Å². The molecule has 0 aromatic carbocycles. The first-order valence-corrected chi connectivity index (χ1v) is 6.85. The number of aliphatic hydroxyl groups excluding tert-OH is 1. The predicted octanol–water partition coefficient (Wildman–Crippen LogP) is 0.0179. The molecular formula is C8H16NO5P. The Labute approximate surface area is 88.2 Å². The van der Waals surface area contributed by atoms with Crippen molar-refractivity contribution >= 4 is 19.7 Å². The summed E-state index contributed by atoms with van der Waals surface area (Å²) in [4.78, 5) is 21.3. The van der Waals surface area contributed by atoms with E-state index in [-0.39, 0.29) is 19.3 Å². The highest BCUT2D eigenvalue weighted by Crippen LogP contribution is 2.40. The number of rotatable bonds is 3. The Morgan fingerprint density at radius 2 is 2.33 bits per heavy atom. The van der Waals surface area contributed by atoms with Crippen molar-refractivity contribution in [1.82, 2.24) is 4.90 Å². The van der Waals surface area contributed by atoms with E-state index in [4.69, 9.17) is 14.7 Å². The smallest absolute Gasteiger partial charge is 0.407 e. The van der Waals surface area contributed by atoms with Gasteiger partial charge in [0.2, 0.25) is 0 Å². The summed E-state index contributed by atoms with van der Waals surface area (Å²) >= 11 is 0. The van der Waals surface area contributed by atoms with Crippen molar-refractivity contribution in [2.45, 2.75) is 18.6 Å². The molecule has 15 heavy (non-hydrogen) atoms. The van der Waals surface area contributed by atoms with Gasteiger partial charge in [0.1, 0.15) is 7.34 Å². The molecule has 0 aromatic rings. The highest BCUT2D eigenvalue weighted by Gasteiger charge is 2.36. The second-order valence-corrected chi connectivity index (χ2v) is 6.10. The van der Waals surface area contributed by atoms with Crippen molar-refractivity contribution in [3.63, 3.8) is 0 Å². The Bertz CT molecular complexity index is 289. The first kappa shape index (κ1) is 12.5. The largest absolute Gasteiger partial charge is 0.465 e. The first-order valence-electron chi connectivity index (χ1n) is 4.56. The topological polar surface area (TPSA) is 90.2 Å². The van der Waals surface area contributed by atoms with Crippen LogP contribution in [-0.2, 0) is 4.52 Å². The van der Waals surface area contributed by atoms with Gasteiger partial charge in [-0.05, 0) is 6.42 Å². The minimum Gasteiger partial charge on any atom is -0.465 e. The van der Waals surface area contributed by atoms with Crippen LogP contribution in [0.3, 0.4) is 0 Å². The van der Waals surface area contributed by atoms with Crippen LogP contribution in [0.2, 0.25) is 0 Å². The molecule has 1 fully saturated rings. The molecule has 6 nitrogen and oxygen atoms in total. The van der Waals surface area contributed by atoms with Gasteiger partial charge in [0, 0.05) is 6.66 Å². The third-order valence-electron chi connectivity index (χ3n) is 2.21. The predicted molar refractivity (Wildman–Crippen MR) is 57.3 cm³/mol. The molecule has 1 heterocycles. The third kappa shape index (κ3) is 3.50. The van der Waals surface area contributed by atoms with Crippen molar-refractivity contribution < 1.29 is 24.4 Å². The molecule has 1 aliphatic rings. The number of hydrogen-bond acceptors (Lipinski definition) is 4. The SMILES string of the molecule is C=P(C)(O)OC1CC(CO)N(C(=O)O)C1. The minimum atomic E-state index is -2.61. The van der Waals surface area contributed by atoms with Crippen molar-refractivity contribution in [2.24, 2.45) is 0 Å². The lowest BCUT2D eigenvalue weighted by molar-refractivity contribution is 0.116. The molecule has 1 rings (SSSR count). The zero-order valence-electron chi connectivity index (χ0n) is 8.54. The lowest BCUT2D eigenvalue weighted by Crippen LogP contribution is -2.36. The summed E-state index contributed by atoms with van der Waals surface area (Å²) in [5.74, 6) is 0. The van der Waals surface area contributed by atoms with Gasteiger partial charge in [-0.3, -0.25) is 0 Å². The average molecular weight is 237 g/mol. The lowest BCUT2D eigenvalue weighted by atomic mass is 10.2. The van der Waals surface area contributed by atoms with Crippen molar-refractivity contribution in [1.29, 1.82) is 0 Å². The molecule has 0 radical (unpaired) electrons. The van der Waals surface area contributed by atoms with E-state index in [1.807, 2.05) is 0 Å². The zero-order valence-corrected chi connectivity index (χ0v) is 9.43. The fourth-order valence-corrected chi connectivity index (χ4v) is 2.47. The van der Waals surface area contributed by atoms with Gasteiger partial charge < -0.3 is 24.5 Å². The average Bonchev–Trinajstić information content (AvgIpc) is 2.44. The third-order valence-corrected chi connectivity index (χ3v) is 2.96. The van der Waals surface area contributed by atoms with Crippen LogP contribution >= 0.6 is 7.34 Å². The first-order chi connectivity index (χ1) is 6.83. The van der Waals surface area contributed by atoms with E-state index in [2.05, 4.69) is 6.30 Å². The number of nitrogens with zero attached hydrogens (tertiary/aromatic N) is 1. The molecule has 88 valence electrons. The van der Waals surface area contributed by atoms with Crippen LogP contribution in [0.4, 0.5) is 4.79 Å². The van der Waals surface area contributed by atoms with E-state index in [1.54, 1.807) is 0 Å². The van der Waals surface area contributed by atoms with Gasteiger partial charge in [-0.15, -0.1) is 0 Å². The summed E-state index contributed by atoms with van der Waals surface area (Å²) in [5.41, 5.74) is 0. The second kappa shape index (κ2) is 4.53. The molecule has 1 aliphatic heterocycles. The number of carboxylic acid groups (broad SMARTS) is 1. The molecule has 7 heteroatoms. The quantitative estimate of drug-likeness (QED) is 0.602. The Hall–Kier alpha value is -0.550. The van der Waals surface area contributed by atoms with Crippen molar-refractivity contribution in [3.05, 3.63) is 0 Å². The van der Waals surface area contributed by atoms with Crippen molar-refractivity contribution in [2.75, 3.05) is 19.8 Å². The normalized spacial score (nSPS) is 30.2. The van der Waals surface area contributed by atoms with Crippen LogP contribution in [0.15, 0.2) is 0 Å². The van der Waals surface area contributed by atoms with Gasteiger partial charge in [-0.1, -0.05) is 6.30 Å². The number of likely N-dealkylation sites (tertiary alicyclic amines) is 1. The summed E-state index contributed by atoms with van der Waals surface area (Å²) in [6, 6.07) is -0.445. The van der Waals surface area contributed by atoms with Crippen LogP contribution in [0.5, 0.6) is 0 Å². The standard InChI is InChI=1S/C8H16NO5P/c1-15(2,13)14-7-3-6(5-10)9(4-7)8(11)12/h6-7,10,13H,1,3-5H2,2H3,(H,11,12). The summed E-state index contributed by atoms with van der Waals surface area (Å²) in [5, 5.41) is 17.8. The Balaban J connectivity index is 2.61. The Morgan fingerprint density at radius 1 is 1.73 bits per heavy atom. The molecule has 0 aliphatic carbocycles. The van der Waals surface area contributed by atoms with Crippen LogP contribution in [0, 0.1) is 0 Å². The van der Waals surface area contributed by atoms with E-state index >= 15 is 0 Å². The molecule has 1 saturated heterocycles. The molecule has 0 spiro atoms. The molecular weight excluding hydrogens is 221 g/mol. The lowest BCUT2D eigenvalue weighted by Gasteiger charge is -2.19. The van der Waals surface area contributed by atoms with Gasteiger partial charge in [-0.2, -0.15) is 0 Å². The number of carbonyl (C=O) groups is 1. The van der Waals surface area contributed by atoms with E-state index in [1.165, 1.54) is 6.66 Å². The van der Waals surface area contributed by atoms with Gasteiger partial charge in [0.05, 0.1) is 25.3 Å². The number of amides is 1. The molecule has 3 atom stereocenters. The highest BCUT2D eigenvalue weighted by atomic mass is 31.2. The van der Waals surface area contributed by atoms with E-state index in [0.29, 0.717) is 6.42 Å². The van der Waals surface area contributed by atoms with E-state index in [9.17, 15) is 9.69 Å². The monoisotopic (exact) mass is 237 g/mol. The van der Waals surface area contributed by atoms with E-state index < -0.39 is 19.5 Å². The fraction of sp³-hybridized carbons (Fsp3) is 0.750. The fourth-order valence-electron chi connectivity index (χ4n) is 1.68. The minimum absolute atomic E-state index is 0.173. The maximum absolute atomic E-state index is 10.8. The molecule has 0 bridgehead atoms. The molecule has 1 amide bonds.